The van der Waals surface area contributed by atoms with Crippen LogP contribution in [0.15, 0.2) is 11.6 Å². The van der Waals surface area contributed by atoms with Gasteiger partial charge in [-0.3, -0.25) is 14.4 Å². The number of hydrogen-bond donors (Lipinski definition) is 1. The molecule has 0 spiro atoms. The summed E-state index contributed by atoms with van der Waals surface area (Å²) in [7, 11) is 0. The zero-order valence-electron chi connectivity index (χ0n) is 19.0. The van der Waals surface area contributed by atoms with Crippen molar-refractivity contribution in [1.29, 1.82) is 0 Å². The molecule has 0 bridgehead atoms. The molecule has 0 aromatic heterocycles. The summed E-state index contributed by atoms with van der Waals surface area (Å²) in [6.07, 6.45) is 7.45. The first kappa shape index (κ1) is 22.3. The standard InChI is InChI=1S/C25H36O4S/c1-14(27)30-20-10-15-11-21(29)23(2,3)13-25(15,5)18-8-9-24(4)16(19(28)12-26)6-7-17(24)22(18)20/h11,16-18,20,22,26H,6-10,12-13H2,1-5H3/t16-,17+,18+,20-,22+,24-,25+/m1/s1. The summed E-state index contributed by atoms with van der Waals surface area (Å²) in [5, 5.41) is 9.86. The van der Waals surface area contributed by atoms with Gasteiger partial charge in [-0.15, -0.1) is 0 Å². The van der Waals surface area contributed by atoms with Gasteiger partial charge in [0.05, 0.1) is 0 Å². The molecule has 4 aliphatic carbocycles. The fourth-order valence-corrected chi connectivity index (χ4v) is 9.31. The molecular formula is C25H36O4S. The van der Waals surface area contributed by atoms with E-state index < -0.39 is 0 Å². The number of carbonyl (C=O) groups excluding carboxylic acids is 3. The van der Waals surface area contributed by atoms with E-state index in [-0.39, 0.29) is 50.7 Å². The van der Waals surface area contributed by atoms with E-state index in [1.807, 2.05) is 6.08 Å². The molecule has 3 saturated carbocycles. The lowest BCUT2D eigenvalue weighted by Gasteiger charge is -2.61. The van der Waals surface area contributed by atoms with Crippen LogP contribution >= 0.6 is 11.8 Å². The molecule has 0 radical (unpaired) electrons. The SMILES string of the molecule is CC(=O)S[C@@H]1CC2=CC(=O)C(C)(C)C[C@]2(C)[C@H]2CC[C@]3(C)[C@@H](C(=O)CO)CC[C@H]3[C@H]12. The average molecular weight is 433 g/mol. The van der Waals surface area contributed by atoms with Gasteiger partial charge in [0.2, 0.25) is 0 Å². The molecule has 30 heavy (non-hydrogen) atoms. The molecule has 0 aliphatic heterocycles. The van der Waals surface area contributed by atoms with Crippen molar-refractivity contribution in [2.24, 2.45) is 39.9 Å². The van der Waals surface area contributed by atoms with Gasteiger partial charge in [-0.1, -0.05) is 45.0 Å². The van der Waals surface area contributed by atoms with Crippen LogP contribution in [-0.2, 0) is 14.4 Å². The largest absolute Gasteiger partial charge is 0.389 e. The number of thioether (sulfide) groups is 1. The fraction of sp³-hybridized carbons (Fsp3) is 0.800. The second-order valence-corrected chi connectivity index (χ2v) is 12.9. The monoisotopic (exact) mass is 432 g/mol. The Hall–Kier alpha value is -0.940. The molecule has 0 amide bonds. The van der Waals surface area contributed by atoms with Crippen LogP contribution in [0.5, 0.6) is 0 Å². The van der Waals surface area contributed by atoms with Gasteiger partial charge in [-0.05, 0) is 73.2 Å². The molecule has 1 N–H and O–H groups in total. The Balaban J connectivity index is 1.77. The van der Waals surface area contributed by atoms with Crippen LogP contribution < -0.4 is 0 Å². The van der Waals surface area contributed by atoms with Crippen LogP contribution in [0.25, 0.3) is 0 Å². The minimum atomic E-state index is -0.367. The molecule has 3 fully saturated rings. The average Bonchev–Trinajstić information content (AvgIpc) is 3.00. The maximum atomic E-state index is 12.8. The van der Waals surface area contributed by atoms with Crippen LogP contribution in [0, 0.1) is 39.9 Å². The number of rotatable bonds is 3. The first-order valence-corrected chi connectivity index (χ1v) is 12.4. The van der Waals surface area contributed by atoms with Crippen molar-refractivity contribution < 1.29 is 19.5 Å². The molecule has 0 saturated heterocycles. The van der Waals surface area contributed by atoms with E-state index in [1.165, 1.54) is 17.3 Å². The highest BCUT2D eigenvalue weighted by Gasteiger charge is 2.63. The summed E-state index contributed by atoms with van der Waals surface area (Å²) in [6.45, 7) is 10.0. The molecule has 4 rings (SSSR count). The van der Waals surface area contributed by atoms with Crippen LogP contribution in [0.1, 0.15) is 73.1 Å². The molecule has 4 nitrogen and oxygen atoms in total. The molecule has 7 atom stereocenters. The lowest BCUT2D eigenvalue weighted by atomic mass is 9.45. The van der Waals surface area contributed by atoms with Crippen molar-refractivity contribution in [3.63, 3.8) is 0 Å². The van der Waals surface area contributed by atoms with Crippen molar-refractivity contribution in [3.8, 4) is 0 Å². The van der Waals surface area contributed by atoms with Gasteiger partial charge in [-0.2, -0.15) is 0 Å². The highest BCUT2D eigenvalue weighted by Crippen LogP contribution is 2.69. The maximum Gasteiger partial charge on any atom is 0.186 e. The second kappa shape index (κ2) is 7.30. The quantitative estimate of drug-likeness (QED) is 0.706. The summed E-state index contributed by atoms with van der Waals surface area (Å²) >= 11 is 1.45. The molecule has 166 valence electrons. The van der Waals surface area contributed by atoms with Crippen LogP contribution in [0.3, 0.4) is 0 Å². The van der Waals surface area contributed by atoms with E-state index in [4.69, 9.17) is 0 Å². The van der Waals surface area contributed by atoms with Gasteiger partial charge < -0.3 is 5.11 Å². The van der Waals surface area contributed by atoms with Crippen LogP contribution in [-0.4, -0.2) is 33.6 Å². The Morgan fingerprint density at radius 3 is 2.47 bits per heavy atom. The van der Waals surface area contributed by atoms with E-state index in [0.29, 0.717) is 17.8 Å². The smallest absolute Gasteiger partial charge is 0.186 e. The van der Waals surface area contributed by atoms with Crippen LogP contribution in [0.2, 0.25) is 0 Å². The van der Waals surface area contributed by atoms with Gasteiger partial charge in [0.25, 0.3) is 0 Å². The van der Waals surface area contributed by atoms with Crippen LogP contribution in [0.4, 0.5) is 0 Å². The maximum absolute atomic E-state index is 12.8. The highest BCUT2D eigenvalue weighted by molar-refractivity contribution is 8.14. The Kier molecular flexibility index (Phi) is 5.42. The second-order valence-electron chi connectivity index (χ2n) is 11.5. The van der Waals surface area contributed by atoms with Crippen molar-refractivity contribution in [3.05, 3.63) is 11.6 Å². The highest BCUT2D eigenvalue weighted by atomic mass is 32.2. The number of fused-ring (bicyclic) bond motifs is 5. The van der Waals surface area contributed by atoms with E-state index in [9.17, 15) is 19.5 Å². The first-order valence-electron chi connectivity index (χ1n) is 11.5. The third-order valence-electron chi connectivity index (χ3n) is 9.38. The number of allylic oxidation sites excluding steroid dienone is 1. The first-order chi connectivity index (χ1) is 13.9. The number of hydrogen-bond acceptors (Lipinski definition) is 5. The Morgan fingerprint density at radius 1 is 1.13 bits per heavy atom. The summed E-state index contributed by atoms with van der Waals surface area (Å²) in [5.74, 6) is 1.35. The predicted molar refractivity (Wildman–Crippen MR) is 119 cm³/mol. The molecule has 0 unspecified atom stereocenters. The minimum absolute atomic E-state index is 0.0128. The van der Waals surface area contributed by atoms with Gasteiger partial charge in [0.1, 0.15) is 6.61 Å². The van der Waals surface area contributed by atoms with Crippen molar-refractivity contribution in [2.45, 2.75) is 78.4 Å². The molecule has 0 heterocycles. The zero-order valence-corrected chi connectivity index (χ0v) is 19.8. The molecular weight excluding hydrogens is 396 g/mol. The Labute approximate surface area is 184 Å². The minimum Gasteiger partial charge on any atom is -0.389 e. The Bertz CT molecular complexity index is 814. The molecule has 4 aliphatic rings. The zero-order chi connectivity index (χ0) is 22.1. The third-order valence-corrected chi connectivity index (χ3v) is 10.5. The number of carbonyl (C=O) groups is 3. The van der Waals surface area contributed by atoms with E-state index in [2.05, 4.69) is 27.7 Å². The van der Waals surface area contributed by atoms with Gasteiger partial charge in [0, 0.05) is 23.5 Å². The molecule has 5 heteroatoms. The predicted octanol–water partition coefficient (Wildman–Crippen LogP) is 4.59. The van der Waals surface area contributed by atoms with Crippen molar-refractivity contribution >= 4 is 28.4 Å². The molecule has 0 aromatic rings. The number of aliphatic hydroxyl groups excluding tert-OH is 1. The third kappa shape index (κ3) is 3.18. The lowest BCUT2D eigenvalue weighted by Crippen LogP contribution is -2.57. The summed E-state index contributed by atoms with van der Waals surface area (Å²) < 4.78 is 0. The number of aliphatic hydroxyl groups is 1. The lowest BCUT2D eigenvalue weighted by molar-refractivity contribution is -0.135. The van der Waals surface area contributed by atoms with Gasteiger partial charge in [0.15, 0.2) is 16.7 Å². The molecule has 0 aromatic carbocycles. The fourth-order valence-electron chi connectivity index (χ4n) is 8.08. The van der Waals surface area contributed by atoms with E-state index in [0.717, 1.165) is 38.5 Å². The number of ketones is 2. The summed E-state index contributed by atoms with van der Waals surface area (Å²) in [4.78, 5) is 37.5. The Morgan fingerprint density at radius 2 is 1.83 bits per heavy atom. The van der Waals surface area contributed by atoms with Gasteiger partial charge in [-0.25, -0.2) is 0 Å². The van der Waals surface area contributed by atoms with E-state index in [1.54, 1.807) is 6.92 Å². The van der Waals surface area contributed by atoms with E-state index >= 15 is 0 Å². The van der Waals surface area contributed by atoms with Gasteiger partial charge >= 0.3 is 0 Å². The topological polar surface area (TPSA) is 71.4 Å². The summed E-state index contributed by atoms with van der Waals surface area (Å²) in [6, 6.07) is 0. The van der Waals surface area contributed by atoms with Crippen molar-refractivity contribution in [2.75, 3.05) is 6.61 Å². The normalized spacial score (nSPS) is 44.5. The number of Topliss-reactive ketones (excluding diaryl/α,β-unsaturated/α-hetero) is 1. The summed E-state index contributed by atoms with van der Waals surface area (Å²) in [5.41, 5.74) is 0.788. The van der Waals surface area contributed by atoms with Crippen molar-refractivity contribution in [1.82, 2.24) is 0 Å².